The van der Waals surface area contributed by atoms with Gasteiger partial charge in [0.15, 0.2) is 0 Å². The van der Waals surface area contributed by atoms with E-state index in [-0.39, 0.29) is 11.4 Å². The molecule has 0 aromatic heterocycles. The first-order valence-electron chi connectivity index (χ1n) is 12.4. The van der Waals surface area contributed by atoms with Gasteiger partial charge in [0.25, 0.3) is 0 Å². The second-order valence-electron chi connectivity index (χ2n) is 9.62. The van der Waals surface area contributed by atoms with Crippen molar-refractivity contribution in [3.8, 4) is 11.5 Å². The van der Waals surface area contributed by atoms with Crippen LogP contribution in [0.3, 0.4) is 0 Å². The van der Waals surface area contributed by atoms with Crippen molar-refractivity contribution < 1.29 is 19.0 Å². The molecule has 0 radical (unpaired) electrons. The Morgan fingerprint density at radius 1 is 0.970 bits per heavy atom. The SMILES string of the molecule is CCOc1cc(N2CCOCC2)c(OCC)cc1NC(=O)CN1CCCN(C(C)(C)C)CC1. The highest BCUT2D eigenvalue weighted by atomic mass is 16.5. The van der Waals surface area contributed by atoms with Crippen molar-refractivity contribution in [2.75, 3.05) is 82.5 Å². The van der Waals surface area contributed by atoms with Gasteiger partial charge in [-0.1, -0.05) is 0 Å². The Hall–Kier alpha value is -2.03. The molecule has 2 saturated heterocycles. The topological polar surface area (TPSA) is 66.5 Å². The highest BCUT2D eigenvalue weighted by Gasteiger charge is 2.25. The number of carbonyl (C=O) groups is 1. The molecule has 8 nitrogen and oxygen atoms in total. The summed E-state index contributed by atoms with van der Waals surface area (Å²) in [6.07, 6.45) is 1.07. The molecule has 186 valence electrons. The summed E-state index contributed by atoms with van der Waals surface area (Å²) in [4.78, 5) is 20.0. The molecule has 0 aliphatic carbocycles. The number of carbonyl (C=O) groups excluding carboxylic acids is 1. The minimum Gasteiger partial charge on any atom is -0.492 e. The number of ether oxygens (including phenoxy) is 3. The maximum absolute atomic E-state index is 13.0. The Bertz CT molecular complexity index is 774. The van der Waals surface area contributed by atoms with Crippen LogP contribution in [0.5, 0.6) is 11.5 Å². The van der Waals surface area contributed by atoms with E-state index in [0.717, 1.165) is 57.1 Å². The summed E-state index contributed by atoms with van der Waals surface area (Å²) in [7, 11) is 0. The largest absolute Gasteiger partial charge is 0.492 e. The van der Waals surface area contributed by atoms with Gasteiger partial charge in [-0.3, -0.25) is 14.6 Å². The third-order valence-corrected chi connectivity index (χ3v) is 6.19. The van der Waals surface area contributed by atoms with Crippen LogP contribution >= 0.6 is 0 Å². The average molecular weight is 463 g/mol. The molecule has 2 heterocycles. The summed E-state index contributed by atoms with van der Waals surface area (Å²) < 4.78 is 17.4. The number of hydrogen-bond acceptors (Lipinski definition) is 7. The van der Waals surface area contributed by atoms with Crippen LogP contribution in [0.4, 0.5) is 11.4 Å². The van der Waals surface area contributed by atoms with Crippen molar-refractivity contribution in [3.05, 3.63) is 12.1 Å². The van der Waals surface area contributed by atoms with Crippen molar-refractivity contribution >= 4 is 17.3 Å². The van der Waals surface area contributed by atoms with Crippen LogP contribution in [0.15, 0.2) is 12.1 Å². The Balaban J connectivity index is 1.71. The zero-order valence-electron chi connectivity index (χ0n) is 21.1. The molecule has 0 unspecified atom stereocenters. The van der Waals surface area contributed by atoms with Crippen LogP contribution < -0.4 is 19.7 Å². The zero-order valence-corrected chi connectivity index (χ0v) is 21.1. The van der Waals surface area contributed by atoms with Gasteiger partial charge in [-0.05, 0) is 54.1 Å². The van der Waals surface area contributed by atoms with Gasteiger partial charge in [-0.2, -0.15) is 0 Å². The van der Waals surface area contributed by atoms with Gasteiger partial charge < -0.3 is 24.4 Å². The summed E-state index contributed by atoms with van der Waals surface area (Å²) >= 11 is 0. The summed E-state index contributed by atoms with van der Waals surface area (Å²) in [5.74, 6) is 1.40. The van der Waals surface area contributed by atoms with Crippen LogP contribution in [-0.2, 0) is 9.53 Å². The van der Waals surface area contributed by atoms with E-state index >= 15 is 0 Å². The molecule has 2 aliphatic rings. The fourth-order valence-corrected chi connectivity index (χ4v) is 4.44. The maximum atomic E-state index is 13.0. The van der Waals surface area contributed by atoms with Gasteiger partial charge >= 0.3 is 0 Å². The van der Waals surface area contributed by atoms with E-state index in [0.29, 0.717) is 44.4 Å². The predicted molar refractivity (Wildman–Crippen MR) is 133 cm³/mol. The number of rotatable bonds is 8. The van der Waals surface area contributed by atoms with E-state index < -0.39 is 0 Å². The van der Waals surface area contributed by atoms with E-state index in [1.807, 2.05) is 26.0 Å². The fraction of sp³-hybridized carbons (Fsp3) is 0.720. The van der Waals surface area contributed by atoms with Crippen molar-refractivity contribution in [1.29, 1.82) is 0 Å². The molecule has 1 amide bonds. The van der Waals surface area contributed by atoms with E-state index in [1.165, 1.54) is 0 Å². The summed E-state index contributed by atoms with van der Waals surface area (Å²) in [5.41, 5.74) is 1.80. The molecule has 8 heteroatoms. The third kappa shape index (κ3) is 7.22. The molecule has 3 rings (SSSR count). The summed E-state index contributed by atoms with van der Waals surface area (Å²) in [6, 6.07) is 3.89. The molecule has 1 aromatic rings. The van der Waals surface area contributed by atoms with Gasteiger partial charge in [-0.25, -0.2) is 0 Å². The van der Waals surface area contributed by atoms with E-state index in [9.17, 15) is 4.79 Å². The molecule has 1 N–H and O–H groups in total. The predicted octanol–water partition coefficient (Wildman–Crippen LogP) is 3.07. The Kier molecular flexibility index (Phi) is 9.23. The monoisotopic (exact) mass is 462 g/mol. The first-order chi connectivity index (χ1) is 15.8. The number of anilines is 2. The fourth-order valence-electron chi connectivity index (χ4n) is 4.44. The molecule has 33 heavy (non-hydrogen) atoms. The minimum atomic E-state index is -0.0262. The van der Waals surface area contributed by atoms with E-state index in [2.05, 4.69) is 40.8 Å². The number of hydrogen-bond donors (Lipinski definition) is 1. The van der Waals surface area contributed by atoms with Crippen molar-refractivity contribution in [1.82, 2.24) is 9.80 Å². The van der Waals surface area contributed by atoms with Gasteiger partial charge in [-0.15, -0.1) is 0 Å². The normalized spacial score (nSPS) is 18.6. The van der Waals surface area contributed by atoms with Gasteiger partial charge in [0.1, 0.15) is 11.5 Å². The van der Waals surface area contributed by atoms with Gasteiger partial charge in [0.2, 0.25) is 5.91 Å². The first kappa shape index (κ1) is 25.6. The summed E-state index contributed by atoms with van der Waals surface area (Å²) in [6.45, 7) is 19.0. The third-order valence-electron chi connectivity index (χ3n) is 6.19. The standard InChI is InChI=1S/C25H42N4O4/c1-6-32-22-18-21(28-13-15-31-16-14-28)23(33-7-2)17-20(22)26-24(30)19-27-9-8-10-29(12-11-27)25(3,4)5/h17-18H,6-16,19H2,1-5H3,(H,26,30). The lowest BCUT2D eigenvalue weighted by Gasteiger charge is -2.34. The molecule has 0 atom stereocenters. The van der Waals surface area contributed by atoms with Crippen LogP contribution in [0.2, 0.25) is 0 Å². The van der Waals surface area contributed by atoms with Crippen molar-refractivity contribution in [2.24, 2.45) is 0 Å². The van der Waals surface area contributed by atoms with Gasteiger partial charge in [0.05, 0.1) is 44.3 Å². The Morgan fingerprint density at radius 3 is 2.33 bits per heavy atom. The molecular formula is C25H42N4O4. The van der Waals surface area contributed by atoms with Crippen molar-refractivity contribution in [2.45, 2.75) is 46.6 Å². The van der Waals surface area contributed by atoms with Crippen LogP contribution in [0.1, 0.15) is 41.0 Å². The van der Waals surface area contributed by atoms with E-state index in [4.69, 9.17) is 14.2 Å². The second-order valence-corrected chi connectivity index (χ2v) is 9.62. The number of nitrogens with one attached hydrogen (secondary N) is 1. The average Bonchev–Trinajstić information content (AvgIpc) is 3.02. The Labute approximate surface area is 199 Å². The van der Waals surface area contributed by atoms with Crippen LogP contribution in [0.25, 0.3) is 0 Å². The maximum Gasteiger partial charge on any atom is 0.238 e. The first-order valence-corrected chi connectivity index (χ1v) is 12.4. The molecule has 0 spiro atoms. The number of morpholine rings is 1. The highest BCUT2D eigenvalue weighted by Crippen LogP contribution is 2.39. The van der Waals surface area contributed by atoms with Crippen molar-refractivity contribution in [3.63, 3.8) is 0 Å². The minimum absolute atomic E-state index is 0.0262. The van der Waals surface area contributed by atoms with Crippen LogP contribution in [-0.4, -0.2) is 93.5 Å². The number of benzene rings is 1. The smallest absolute Gasteiger partial charge is 0.238 e. The lowest BCUT2D eigenvalue weighted by Crippen LogP contribution is -2.44. The highest BCUT2D eigenvalue weighted by molar-refractivity contribution is 5.94. The van der Waals surface area contributed by atoms with Crippen LogP contribution in [0, 0.1) is 0 Å². The van der Waals surface area contributed by atoms with E-state index in [1.54, 1.807) is 0 Å². The van der Waals surface area contributed by atoms with Gasteiger partial charge in [0, 0.05) is 43.9 Å². The second kappa shape index (κ2) is 11.9. The molecule has 0 saturated carbocycles. The molecule has 2 fully saturated rings. The molecule has 0 bridgehead atoms. The summed E-state index contributed by atoms with van der Waals surface area (Å²) in [5, 5.41) is 3.09. The zero-order chi connectivity index (χ0) is 23.8. The molecular weight excluding hydrogens is 420 g/mol. The molecule has 1 aromatic carbocycles. The lowest BCUT2D eigenvalue weighted by atomic mass is 10.1. The quantitative estimate of drug-likeness (QED) is 0.637. The molecule has 2 aliphatic heterocycles. The lowest BCUT2D eigenvalue weighted by molar-refractivity contribution is -0.117. The Morgan fingerprint density at radius 2 is 1.67 bits per heavy atom. The number of nitrogens with zero attached hydrogens (tertiary/aromatic N) is 3. The number of amides is 1.